The van der Waals surface area contributed by atoms with E-state index < -0.39 is 6.09 Å². The van der Waals surface area contributed by atoms with E-state index in [9.17, 15) is 4.79 Å². The first-order valence-electron chi connectivity index (χ1n) is 5.66. The van der Waals surface area contributed by atoms with Crippen LogP contribution in [0.1, 0.15) is 25.7 Å². The standard InChI is InChI=1S/C11H17N3O2/c12-11(15)16-10-3-1-9(2-4-10)7-14-6-5-13-8-14/h5-6,8-10H,1-4,7H2,(H2,12,15)/t9-,10+. The van der Waals surface area contributed by atoms with E-state index in [-0.39, 0.29) is 6.10 Å². The largest absolute Gasteiger partial charge is 0.446 e. The van der Waals surface area contributed by atoms with Crippen molar-refractivity contribution in [2.75, 3.05) is 0 Å². The van der Waals surface area contributed by atoms with E-state index in [4.69, 9.17) is 10.5 Å². The summed E-state index contributed by atoms with van der Waals surface area (Å²) in [5, 5.41) is 0. The topological polar surface area (TPSA) is 70.1 Å². The summed E-state index contributed by atoms with van der Waals surface area (Å²) < 4.78 is 7.09. The Balaban J connectivity index is 1.75. The van der Waals surface area contributed by atoms with E-state index in [0.717, 1.165) is 32.2 Å². The van der Waals surface area contributed by atoms with Crippen LogP contribution in [0.2, 0.25) is 0 Å². The van der Waals surface area contributed by atoms with Gasteiger partial charge in [0, 0.05) is 18.9 Å². The summed E-state index contributed by atoms with van der Waals surface area (Å²) >= 11 is 0. The second-order valence-electron chi connectivity index (χ2n) is 4.34. The van der Waals surface area contributed by atoms with Gasteiger partial charge in [0.1, 0.15) is 6.10 Å². The molecule has 0 bridgehead atoms. The van der Waals surface area contributed by atoms with E-state index >= 15 is 0 Å². The Morgan fingerprint density at radius 3 is 2.75 bits per heavy atom. The van der Waals surface area contributed by atoms with Gasteiger partial charge in [-0.1, -0.05) is 0 Å². The molecule has 0 aliphatic heterocycles. The minimum Gasteiger partial charge on any atom is -0.446 e. The van der Waals surface area contributed by atoms with Gasteiger partial charge in [-0.05, 0) is 31.6 Å². The molecule has 0 aromatic carbocycles. The normalized spacial score (nSPS) is 25.2. The van der Waals surface area contributed by atoms with E-state index in [1.807, 2.05) is 12.5 Å². The molecule has 0 unspecified atom stereocenters. The van der Waals surface area contributed by atoms with Gasteiger partial charge in [0.05, 0.1) is 6.33 Å². The molecule has 1 aromatic heterocycles. The number of nitrogens with zero attached hydrogens (tertiary/aromatic N) is 2. The first-order chi connectivity index (χ1) is 7.74. The zero-order valence-corrected chi connectivity index (χ0v) is 9.21. The van der Waals surface area contributed by atoms with Crippen molar-refractivity contribution in [2.24, 2.45) is 11.7 Å². The quantitative estimate of drug-likeness (QED) is 0.844. The molecule has 2 N–H and O–H groups in total. The number of rotatable bonds is 3. The van der Waals surface area contributed by atoms with Crippen LogP contribution in [0.15, 0.2) is 18.7 Å². The maximum atomic E-state index is 10.6. The van der Waals surface area contributed by atoms with E-state index in [0.29, 0.717) is 5.92 Å². The fourth-order valence-electron chi connectivity index (χ4n) is 2.29. The predicted octanol–water partition coefficient (Wildman–Crippen LogP) is 1.54. The van der Waals surface area contributed by atoms with Gasteiger partial charge < -0.3 is 15.0 Å². The lowest BCUT2D eigenvalue weighted by Gasteiger charge is -2.27. The number of hydrogen-bond donors (Lipinski definition) is 1. The Morgan fingerprint density at radius 1 is 1.44 bits per heavy atom. The van der Waals surface area contributed by atoms with Gasteiger partial charge in [0.15, 0.2) is 0 Å². The van der Waals surface area contributed by atoms with Crippen LogP contribution in [0.4, 0.5) is 4.79 Å². The molecule has 1 saturated carbocycles. The zero-order chi connectivity index (χ0) is 11.4. The highest BCUT2D eigenvalue weighted by Crippen LogP contribution is 2.27. The van der Waals surface area contributed by atoms with Gasteiger partial charge in [0.25, 0.3) is 0 Å². The maximum Gasteiger partial charge on any atom is 0.404 e. The van der Waals surface area contributed by atoms with Crippen LogP contribution < -0.4 is 5.73 Å². The average Bonchev–Trinajstić information content (AvgIpc) is 2.73. The number of aromatic nitrogens is 2. The van der Waals surface area contributed by atoms with Crippen molar-refractivity contribution in [1.29, 1.82) is 0 Å². The summed E-state index contributed by atoms with van der Waals surface area (Å²) in [6, 6.07) is 0. The molecule has 0 radical (unpaired) electrons. The highest BCUT2D eigenvalue weighted by molar-refractivity contribution is 5.64. The lowest BCUT2D eigenvalue weighted by atomic mass is 9.87. The van der Waals surface area contributed by atoms with E-state index in [1.165, 1.54) is 0 Å². The molecule has 1 aromatic rings. The van der Waals surface area contributed by atoms with Crippen molar-refractivity contribution in [3.05, 3.63) is 18.7 Å². The van der Waals surface area contributed by atoms with Gasteiger partial charge >= 0.3 is 6.09 Å². The third-order valence-electron chi connectivity index (χ3n) is 3.10. The van der Waals surface area contributed by atoms with Gasteiger partial charge in [-0.25, -0.2) is 9.78 Å². The Labute approximate surface area is 94.6 Å². The molecule has 16 heavy (non-hydrogen) atoms. The number of carbonyl (C=O) groups is 1. The Morgan fingerprint density at radius 2 is 2.19 bits per heavy atom. The lowest BCUT2D eigenvalue weighted by molar-refractivity contribution is 0.0686. The number of carbonyl (C=O) groups excluding carboxylic acids is 1. The molecule has 2 rings (SSSR count). The second-order valence-corrected chi connectivity index (χ2v) is 4.34. The highest BCUT2D eigenvalue weighted by atomic mass is 16.6. The molecular formula is C11H17N3O2. The van der Waals surface area contributed by atoms with Crippen LogP contribution in [-0.2, 0) is 11.3 Å². The van der Waals surface area contributed by atoms with Crippen molar-refractivity contribution in [3.63, 3.8) is 0 Å². The number of hydrogen-bond acceptors (Lipinski definition) is 3. The zero-order valence-electron chi connectivity index (χ0n) is 9.21. The van der Waals surface area contributed by atoms with Crippen molar-refractivity contribution in [3.8, 4) is 0 Å². The van der Waals surface area contributed by atoms with Crippen molar-refractivity contribution in [1.82, 2.24) is 9.55 Å². The lowest BCUT2D eigenvalue weighted by Crippen LogP contribution is -2.28. The molecule has 0 saturated heterocycles. The molecule has 5 nitrogen and oxygen atoms in total. The fourth-order valence-corrected chi connectivity index (χ4v) is 2.29. The molecule has 1 aliphatic carbocycles. The Hall–Kier alpha value is -1.52. The van der Waals surface area contributed by atoms with Crippen molar-refractivity contribution >= 4 is 6.09 Å². The van der Waals surface area contributed by atoms with Crippen LogP contribution in [-0.4, -0.2) is 21.7 Å². The Bertz CT molecular complexity index is 329. The first-order valence-corrected chi connectivity index (χ1v) is 5.66. The molecule has 0 spiro atoms. The summed E-state index contributed by atoms with van der Waals surface area (Å²) in [5.74, 6) is 0.655. The molecular weight excluding hydrogens is 206 g/mol. The molecule has 1 heterocycles. The molecule has 0 atom stereocenters. The second kappa shape index (κ2) is 5.01. The number of ether oxygens (including phenoxy) is 1. The number of imidazole rings is 1. The minimum absolute atomic E-state index is 0.0246. The SMILES string of the molecule is NC(=O)O[C@H]1CC[C@@H](Cn2ccnc2)CC1. The average molecular weight is 223 g/mol. The van der Waals surface area contributed by atoms with Crippen molar-refractivity contribution < 1.29 is 9.53 Å². The van der Waals surface area contributed by atoms with Gasteiger partial charge in [-0.2, -0.15) is 0 Å². The highest BCUT2D eigenvalue weighted by Gasteiger charge is 2.23. The number of nitrogens with two attached hydrogens (primary N) is 1. The molecule has 1 aliphatic rings. The predicted molar refractivity (Wildman–Crippen MR) is 58.6 cm³/mol. The monoisotopic (exact) mass is 223 g/mol. The van der Waals surface area contributed by atoms with Gasteiger partial charge in [0.2, 0.25) is 0 Å². The Kier molecular flexibility index (Phi) is 3.44. The third-order valence-corrected chi connectivity index (χ3v) is 3.10. The summed E-state index contributed by atoms with van der Waals surface area (Å²) in [6.07, 6.45) is 8.98. The molecule has 5 heteroatoms. The van der Waals surface area contributed by atoms with Crippen LogP contribution in [0, 0.1) is 5.92 Å². The van der Waals surface area contributed by atoms with Crippen LogP contribution in [0.3, 0.4) is 0 Å². The summed E-state index contributed by atoms with van der Waals surface area (Å²) in [4.78, 5) is 14.6. The minimum atomic E-state index is -0.655. The number of amides is 1. The summed E-state index contributed by atoms with van der Waals surface area (Å²) in [5.41, 5.74) is 4.99. The van der Waals surface area contributed by atoms with Crippen molar-refractivity contribution in [2.45, 2.75) is 38.3 Å². The summed E-state index contributed by atoms with van der Waals surface area (Å²) in [6.45, 7) is 1.00. The van der Waals surface area contributed by atoms with Crippen LogP contribution in [0.5, 0.6) is 0 Å². The maximum absolute atomic E-state index is 10.6. The smallest absolute Gasteiger partial charge is 0.404 e. The van der Waals surface area contributed by atoms with Crippen LogP contribution >= 0.6 is 0 Å². The summed E-state index contributed by atoms with van der Waals surface area (Å²) in [7, 11) is 0. The fraction of sp³-hybridized carbons (Fsp3) is 0.636. The molecule has 88 valence electrons. The van der Waals surface area contributed by atoms with Gasteiger partial charge in [-0.3, -0.25) is 0 Å². The van der Waals surface area contributed by atoms with Gasteiger partial charge in [-0.15, -0.1) is 0 Å². The van der Waals surface area contributed by atoms with E-state index in [2.05, 4.69) is 9.55 Å². The molecule has 1 amide bonds. The third kappa shape index (κ3) is 2.98. The van der Waals surface area contributed by atoms with E-state index in [1.54, 1.807) is 6.20 Å². The molecule has 1 fully saturated rings. The van der Waals surface area contributed by atoms with Crippen LogP contribution in [0.25, 0.3) is 0 Å². The number of primary amides is 1. The first kappa shape index (κ1) is 11.0.